The highest BCUT2D eigenvalue weighted by Gasteiger charge is 2.19. The van der Waals surface area contributed by atoms with Gasteiger partial charge in [-0.25, -0.2) is 0 Å². The molecule has 1 fully saturated rings. The second-order valence-electron chi connectivity index (χ2n) is 4.15. The summed E-state index contributed by atoms with van der Waals surface area (Å²) in [5, 5.41) is 21.4. The van der Waals surface area contributed by atoms with Crippen LogP contribution in [0.5, 0.6) is 0 Å². The van der Waals surface area contributed by atoms with Crippen molar-refractivity contribution in [3.8, 4) is 0 Å². The summed E-state index contributed by atoms with van der Waals surface area (Å²) < 4.78 is 0. The Balaban J connectivity index is 2.29. The number of hydrogen-bond donors (Lipinski definition) is 4. The zero-order valence-electron chi connectivity index (χ0n) is 8.94. The van der Waals surface area contributed by atoms with E-state index in [0.29, 0.717) is 0 Å². The molecule has 1 atom stereocenters. The third-order valence-corrected chi connectivity index (χ3v) is 2.92. The second kappa shape index (κ2) is 4.82. The van der Waals surface area contributed by atoms with Gasteiger partial charge in [0.2, 0.25) is 5.56 Å². The fraction of sp³-hybridized carbons (Fsp3) is 0.500. The van der Waals surface area contributed by atoms with Gasteiger partial charge in [0.25, 0.3) is 0 Å². The van der Waals surface area contributed by atoms with E-state index in [1.165, 1.54) is 6.07 Å². The summed E-state index contributed by atoms with van der Waals surface area (Å²) in [6.07, 6.45) is 2.08. The lowest BCUT2D eigenvalue weighted by Gasteiger charge is -2.23. The molecule has 0 aliphatic carbocycles. The maximum absolute atomic E-state index is 11.4. The minimum absolute atomic E-state index is 0.250. The van der Waals surface area contributed by atoms with Gasteiger partial charge in [-0.1, -0.05) is 0 Å². The summed E-state index contributed by atoms with van der Waals surface area (Å²) in [6.45, 7) is 1.82. The van der Waals surface area contributed by atoms with Gasteiger partial charge in [-0.15, -0.1) is 0 Å². The van der Waals surface area contributed by atoms with Crippen LogP contribution in [0.25, 0.3) is 0 Å². The second-order valence-corrected chi connectivity index (χ2v) is 4.15. The highest BCUT2D eigenvalue weighted by molar-refractivity contribution is 6.58. The van der Waals surface area contributed by atoms with Crippen LogP contribution in [0.15, 0.2) is 16.9 Å². The third-order valence-electron chi connectivity index (χ3n) is 2.92. The summed E-state index contributed by atoms with van der Waals surface area (Å²) in [5.74, 6) is 0.250. The van der Waals surface area contributed by atoms with E-state index in [9.17, 15) is 4.79 Å². The molecule has 0 saturated carbocycles. The number of pyridine rings is 1. The van der Waals surface area contributed by atoms with Crippen molar-refractivity contribution in [3.05, 3.63) is 28.2 Å². The van der Waals surface area contributed by atoms with Crippen molar-refractivity contribution in [2.75, 3.05) is 13.1 Å². The van der Waals surface area contributed by atoms with Gasteiger partial charge in [-0.2, -0.15) is 0 Å². The van der Waals surface area contributed by atoms with E-state index >= 15 is 0 Å². The van der Waals surface area contributed by atoms with Crippen LogP contribution >= 0.6 is 0 Å². The lowest BCUT2D eigenvalue weighted by Crippen LogP contribution is -2.36. The monoisotopic (exact) mass is 222 g/mol. The normalized spacial score (nSPS) is 20.8. The Bertz CT molecular complexity index is 413. The highest BCUT2D eigenvalue weighted by Crippen LogP contribution is 2.19. The smallest absolute Gasteiger partial charge is 0.423 e. The molecule has 1 saturated heterocycles. The predicted molar refractivity (Wildman–Crippen MR) is 61.7 cm³/mol. The quantitative estimate of drug-likeness (QED) is 0.460. The topological polar surface area (TPSA) is 85.3 Å². The van der Waals surface area contributed by atoms with E-state index in [2.05, 4.69) is 10.3 Å². The number of aromatic amines is 1. The summed E-state index contributed by atoms with van der Waals surface area (Å²) >= 11 is 0. The Morgan fingerprint density at radius 1 is 1.38 bits per heavy atom. The Morgan fingerprint density at radius 3 is 2.81 bits per heavy atom. The van der Waals surface area contributed by atoms with Gasteiger partial charge in [0, 0.05) is 24.2 Å². The number of H-pyrrole nitrogens is 1. The van der Waals surface area contributed by atoms with Gasteiger partial charge in [0.05, 0.1) is 0 Å². The van der Waals surface area contributed by atoms with Crippen LogP contribution in [-0.2, 0) is 0 Å². The van der Waals surface area contributed by atoms with Crippen LogP contribution in [0.2, 0.25) is 0 Å². The van der Waals surface area contributed by atoms with Crippen LogP contribution in [0.1, 0.15) is 24.5 Å². The average Bonchev–Trinajstić information content (AvgIpc) is 2.29. The van der Waals surface area contributed by atoms with Gasteiger partial charge in [-0.3, -0.25) is 4.79 Å². The minimum Gasteiger partial charge on any atom is -0.423 e. The largest absolute Gasteiger partial charge is 0.488 e. The van der Waals surface area contributed by atoms with E-state index in [1.54, 1.807) is 6.07 Å². The molecule has 0 spiro atoms. The molecule has 1 unspecified atom stereocenters. The van der Waals surface area contributed by atoms with Gasteiger partial charge in [0.1, 0.15) is 0 Å². The van der Waals surface area contributed by atoms with E-state index < -0.39 is 7.12 Å². The summed E-state index contributed by atoms with van der Waals surface area (Å²) in [6, 6.07) is 2.87. The SMILES string of the molecule is O=c1cc(B(O)O)cc(C2CCCNC2)[nH]1. The molecule has 4 N–H and O–H groups in total. The molecule has 2 heterocycles. The molecule has 0 bridgehead atoms. The van der Waals surface area contributed by atoms with Crippen molar-refractivity contribution < 1.29 is 10.0 Å². The van der Waals surface area contributed by atoms with E-state index in [1.807, 2.05) is 0 Å². The molecule has 1 aromatic heterocycles. The third kappa shape index (κ3) is 2.52. The van der Waals surface area contributed by atoms with Crippen LogP contribution in [-0.4, -0.2) is 35.2 Å². The summed E-state index contributed by atoms with van der Waals surface area (Å²) in [7, 11) is -1.59. The number of rotatable bonds is 2. The van der Waals surface area contributed by atoms with Crippen molar-refractivity contribution in [3.63, 3.8) is 0 Å². The van der Waals surface area contributed by atoms with Crippen molar-refractivity contribution in [1.29, 1.82) is 0 Å². The zero-order chi connectivity index (χ0) is 11.5. The number of piperidine rings is 1. The maximum Gasteiger partial charge on any atom is 0.488 e. The van der Waals surface area contributed by atoms with E-state index in [4.69, 9.17) is 10.0 Å². The summed E-state index contributed by atoms with van der Waals surface area (Å²) in [5.41, 5.74) is 0.748. The predicted octanol–water partition coefficient (Wildman–Crippen LogP) is -1.48. The zero-order valence-corrected chi connectivity index (χ0v) is 8.94. The highest BCUT2D eigenvalue weighted by atomic mass is 16.4. The molecule has 5 nitrogen and oxygen atoms in total. The molecule has 0 radical (unpaired) electrons. The molecular weight excluding hydrogens is 207 g/mol. The lowest BCUT2D eigenvalue weighted by atomic mass is 9.79. The standard InChI is InChI=1S/C10H15BN2O3/c14-10-5-8(11(15)16)4-9(13-10)7-2-1-3-12-6-7/h4-5,7,12,15-16H,1-3,6H2,(H,13,14). The van der Waals surface area contributed by atoms with Crippen molar-refractivity contribution >= 4 is 12.6 Å². The Labute approximate surface area is 93.7 Å². The fourth-order valence-electron chi connectivity index (χ4n) is 2.07. The van der Waals surface area contributed by atoms with Gasteiger partial charge < -0.3 is 20.3 Å². The van der Waals surface area contributed by atoms with Crippen molar-refractivity contribution in [1.82, 2.24) is 10.3 Å². The van der Waals surface area contributed by atoms with Gasteiger partial charge >= 0.3 is 7.12 Å². The molecule has 86 valence electrons. The molecule has 2 rings (SSSR count). The van der Waals surface area contributed by atoms with Gasteiger partial charge in [0.15, 0.2) is 0 Å². The molecular formula is C10H15BN2O3. The first kappa shape index (κ1) is 11.4. The van der Waals surface area contributed by atoms with Crippen LogP contribution < -0.4 is 16.3 Å². The number of nitrogens with one attached hydrogen (secondary N) is 2. The Kier molecular flexibility index (Phi) is 3.43. The van der Waals surface area contributed by atoms with Crippen LogP contribution in [0.3, 0.4) is 0 Å². The average molecular weight is 222 g/mol. The van der Waals surface area contributed by atoms with Crippen LogP contribution in [0.4, 0.5) is 0 Å². The lowest BCUT2D eigenvalue weighted by molar-refractivity contribution is 0.425. The maximum atomic E-state index is 11.4. The van der Waals surface area contributed by atoms with Gasteiger partial charge in [-0.05, 0) is 30.9 Å². The Hall–Kier alpha value is -1.11. The molecule has 1 aliphatic rings. The number of hydrogen-bond acceptors (Lipinski definition) is 4. The van der Waals surface area contributed by atoms with E-state index in [-0.39, 0.29) is 16.9 Å². The molecule has 1 aliphatic heterocycles. The minimum atomic E-state index is -1.59. The Morgan fingerprint density at radius 2 is 2.19 bits per heavy atom. The molecule has 0 aromatic carbocycles. The molecule has 16 heavy (non-hydrogen) atoms. The molecule has 1 aromatic rings. The molecule has 6 heteroatoms. The van der Waals surface area contributed by atoms with Crippen molar-refractivity contribution in [2.45, 2.75) is 18.8 Å². The number of aromatic nitrogens is 1. The fourth-order valence-corrected chi connectivity index (χ4v) is 2.07. The molecule has 0 amide bonds. The first-order valence-electron chi connectivity index (χ1n) is 5.48. The van der Waals surface area contributed by atoms with Crippen molar-refractivity contribution in [2.24, 2.45) is 0 Å². The van der Waals surface area contributed by atoms with E-state index in [0.717, 1.165) is 31.6 Å². The summed E-state index contributed by atoms with van der Waals surface area (Å²) in [4.78, 5) is 14.1. The first-order chi connectivity index (χ1) is 7.66. The first-order valence-corrected chi connectivity index (χ1v) is 5.48. The van der Waals surface area contributed by atoms with Crippen LogP contribution in [0, 0.1) is 0 Å².